The largest absolute Gasteiger partial charge is 0.292 e. The van der Waals surface area contributed by atoms with E-state index in [1.54, 1.807) is 0 Å². The van der Waals surface area contributed by atoms with E-state index in [1.165, 1.54) is 44.6 Å². The van der Waals surface area contributed by atoms with Crippen LogP contribution in [0.2, 0.25) is 0 Å². The molecule has 1 aromatic carbocycles. The molecule has 0 fully saturated rings. The minimum atomic E-state index is -0.102. The fourth-order valence-corrected chi connectivity index (χ4v) is 5.93. The molecule has 4 aromatic rings. The van der Waals surface area contributed by atoms with Crippen LogP contribution in [-0.2, 0) is 17.3 Å². The van der Waals surface area contributed by atoms with Gasteiger partial charge in [0.2, 0.25) is 5.52 Å². The molecule has 3 nitrogen and oxygen atoms in total. The highest BCUT2D eigenvalue weighted by atomic mass is 15.1. The summed E-state index contributed by atoms with van der Waals surface area (Å²) in [5.41, 5.74) is 10.1. The van der Waals surface area contributed by atoms with Crippen molar-refractivity contribution in [2.75, 3.05) is 0 Å². The Morgan fingerprint density at radius 1 is 1.03 bits per heavy atom. The maximum atomic E-state index is 5.42. The predicted molar refractivity (Wildman–Crippen MR) is 140 cm³/mol. The lowest BCUT2D eigenvalue weighted by atomic mass is 9.68. The molecule has 1 aliphatic heterocycles. The van der Waals surface area contributed by atoms with Crippen LogP contribution in [0.25, 0.3) is 33.3 Å². The molecular weight excluding hydrogens is 402 g/mol. The highest BCUT2D eigenvalue weighted by Gasteiger charge is 2.45. The van der Waals surface area contributed by atoms with Gasteiger partial charge >= 0.3 is 0 Å². The second-order valence-electron chi connectivity index (χ2n) is 12.2. The topological polar surface area (TPSA) is 21.9 Å². The Morgan fingerprint density at radius 2 is 1.73 bits per heavy atom. The smallest absolute Gasteiger partial charge is 0.248 e. The summed E-state index contributed by atoms with van der Waals surface area (Å²) in [7, 11) is 0. The summed E-state index contributed by atoms with van der Waals surface area (Å²) in [6, 6.07) is 11.3. The van der Waals surface area contributed by atoms with Crippen molar-refractivity contribution in [3.8, 4) is 0 Å². The van der Waals surface area contributed by atoms with Crippen LogP contribution in [0.3, 0.4) is 0 Å². The molecule has 0 atom stereocenters. The average molecular weight is 441 g/mol. The van der Waals surface area contributed by atoms with E-state index in [-0.39, 0.29) is 16.2 Å². The lowest BCUT2D eigenvalue weighted by molar-refractivity contribution is -0.482. The van der Waals surface area contributed by atoms with Gasteiger partial charge in [-0.05, 0) is 53.4 Å². The van der Waals surface area contributed by atoms with Gasteiger partial charge in [0.25, 0.3) is 5.65 Å². The van der Waals surface area contributed by atoms with Crippen LogP contribution in [-0.4, -0.2) is 9.55 Å². The number of imidazole rings is 1. The Bertz CT molecular complexity index is 1430. The van der Waals surface area contributed by atoms with Crippen LogP contribution in [0.15, 0.2) is 43.1 Å². The minimum Gasteiger partial charge on any atom is -0.248 e. The molecule has 0 spiro atoms. The van der Waals surface area contributed by atoms with E-state index in [1.807, 2.05) is 0 Å². The molecule has 33 heavy (non-hydrogen) atoms. The van der Waals surface area contributed by atoms with Gasteiger partial charge in [-0.1, -0.05) is 74.1 Å². The van der Waals surface area contributed by atoms with Gasteiger partial charge in [0.15, 0.2) is 5.52 Å². The molecule has 0 aliphatic carbocycles. The van der Waals surface area contributed by atoms with Crippen LogP contribution >= 0.6 is 0 Å². The first-order valence-electron chi connectivity index (χ1n) is 12.4. The summed E-state index contributed by atoms with van der Waals surface area (Å²) < 4.78 is 4.79. The molecule has 0 saturated heterocycles. The average Bonchev–Trinajstić information content (AvgIpc) is 3.08. The van der Waals surface area contributed by atoms with Crippen LogP contribution in [0.5, 0.6) is 0 Å². The molecular formula is C30H38N3+. The molecule has 5 rings (SSSR count). The van der Waals surface area contributed by atoms with Gasteiger partial charge in [-0.2, -0.15) is 8.97 Å². The molecule has 4 heterocycles. The molecule has 0 N–H and O–H groups in total. The Labute approximate surface area is 198 Å². The first-order valence-corrected chi connectivity index (χ1v) is 12.4. The highest BCUT2D eigenvalue weighted by molar-refractivity contribution is 6.10. The van der Waals surface area contributed by atoms with Gasteiger partial charge in [-0.15, -0.1) is 0 Å². The van der Waals surface area contributed by atoms with Crippen LogP contribution < -0.4 is 4.40 Å². The van der Waals surface area contributed by atoms with E-state index >= 15 is 0 Å². The van der Waals surface area contributed by atoms with E-state index in [0.717, 1.165) is 24.8 Å². The number of hydrogen-bond donors (Lipinski definition) is 0. The number of aromatic nitrogens is 3. The first-order chi connectivity index (χ1) is 15.4. The first kappa shape index (κ1) is 22.1. The predicted octanol–water partition coefficient (Wildman–Crippen LogP) is 7.36. The minimum absolute atomic E-state index is 0.0545. The number of fused-ring (bicyclic) bond motifs is 3. The molecule has 1 aliphatic rings. The lowest BCUT2D eigenvalue weighted by Crippen LogP contribution is -2.32. The van der Waals surface area contributed by atoms with Gasteiger partial charge in [0, 0.05) is 6.07 Å². The summed E-state index contributed by atoms with van der Waals surface area (Å²) in [5.74, 6) is 0. The molecule has 172 valence electrons. The van der Waals surface area contributed by atoms with E-state index in [2.05, 4.69) is 101 Å². The number of benzene rings is 1. The molecule has 0 unspecified atom stereocenters. The normalized spacial score (nSPS) is 15.9. The molecule has 0 radical (unpaired) electrons. The third kappa shape index (κ3) is 3.01. The summed E-state index contributed by atoms with van der Waals surface area (Å²) in [4.78, 5) is 5.42. The van der Waals surface area contributed by atoms with Gasteiger partial charge in [0.05, 0.1) is 28.2 Å². The summed E-state index contributed by atoms with van der Waals surface area (Å²) in [5, 5.41) is 1.32. The van der Waals surface area contributed by atoms with Crippen molar-refractivity contribution in [1.29, 1.82) is 0 Å². The maximum absolute atomic E-state index is 5.42. The number of rotatable bonds is 3. The summed E-state index contributed by atoms with van der Waals surface area (Å²) in [6.07, 6.45) is 5.16. The third-order valence-corrected chi connectivity index (χ3v) is 7.75. The van der Waals surface area contributed by atoms with Crippen LogP contribution in [0.4, 0.5) is 0 Å². The quantitative estimate of drug-likeness (QED) is 0.305. The number of nitrogens with zero attached hydrogens (tertiary/aromatic N) is 3. The Morgan fingerprint density at radius 3 is 2.33 bits per heavy atom. The second kappa shape index (κ2) is 6.91. The van der Waals surface area contributed by atoms with Crippen molar-refractivity contribution in [2.24, 2.45) is 5.41 Å². The molecule has 0 bridgehead atoms. The summed E-state index contributed by atoms with van der Waals surface area (Å²) >= 11 is 0. The van der Waals surface area contributed by atoms with Gasteiger partial charge < -0.3 is 0 Å². The molecule has 3 aromatic heterocycles. The van der Waals surface area contributed by atoms with E-state index in [9.17, 15) is 0 Å². The zero-order valence-corrected chi connectivity index (χ0v) is 21.6. The van der Waals surface area contributed by atoms with Gasteiger partial charge in [-0.3, -0.25) is 0 Å². The van der Waals surface area contributed by atoms with Crippen molar-refractivity contribution < 1.29 is 4.40 Å². The van der Waals surface area contributed by atoms with Crippen LogP contribution in [0, 0.1) is 5.41 Å². The van der Waals surface area contributed by atoms with Crippen molar-refractivity contribution in [1.82, 2.24) is 9.55 Å². The number of hydrogen-bond acceptors (Lipinski definition) is 1. The van der Waals surface area contributed by atoms with Crippen molar-refractivity contribution in [2.45, 2.75) is 85.5 Å². The number of pyridine rings is 2. The van der Waals surface area contributed by atoms with E-state index < -0.39 is 0 Å². The third-order valence-electron chi connectivity index (χ3n) is 7.75. The fraction of sp³-hybridized carbons (Fsp3) is 0.467. The maximum Gasteiger partial charge on any atom is 0.292 e. The van der Waals surface area contributed by atoms with E-state index in [4.69, 9.17) is 11.6 Å². The SMILES string of the molecule is C=C1n2c3c4c(cc(C(C)(C)C)cc4nc(CC(C)(C)C)c3[n+]3ccccc23)C1(CC)CC. The monoisotopic (exact) mass is 440 g/mol. The van der Waals surface area contributed by atoms with Crippen molar-refractivity contribution >= 4 is 33.3 Å². The Hall–Kier alpha value is -2.68. The van der Waals surface area contributed by atoms with Crippen LogP contribution in [0.1, 0.15) is 85.1 Å². The highest BCUT2D eigenvalue weighted by Crippen LogP contribution is 2.51. The van der Waals surface area contributed by atoms with E-state index in [0.29, 0.717) is 0 Å². The molecule has 0 amide bonds. The molecule has 3 heteroatoms. The fourth-order valence-electron chi connectivity index (χ4n) is 5.93. The Kier molecular flexibility index (Phi) is 4.64. The standard InChI is InChI=1S/C30H38N3/c1-10-30(11-2)19(3)33-24-14-12-13-15-32(24)26-23(18-28(4,5)6)31-22-17-20(29(7,8)9)16-21(30)25(22)27(26)33/h12-17H,3,10-11,18H2,1-2,4-9H3/q+1. The van der Waals surface area contributed by atoms with Crippen molar-refractivity contribution in [3.05, 3.63) is 59.9 Å². The zero-order chi connectivity index (χ0) is 23.9. The van der Waals surface area contributed by atoms with Gasteiger partial charge in [0.1, 0.15) is 5.70 Å². The zero-order valence-electron chi connectivity index (χ0n) is 21.6. The Balaban J connectivity index is 2.09. The lowest BCUT2D eigenvalue weighted by Gasteiger charge is -2.37. The van der Waals surface area contributed by atoms with Crippen molar-refractivity contribution in [3.63, 3.8) is 0 Å². The second-order valence-corrected chi connectivity index (χ2v) is 12.2. The summed E-state index contributed by atoms with van der Waals surface area (Å²) in [6.45, 7) is 23.2. The molecule has 0 saturated carbocycles. The van der Waals surface area contributed by atoms with Gasteiger partial charge in [-0.25, -0.2) is 4.98 Å². The number of allylic oxidation sites excluding steroid dienone is 1.